The summed E-state index contributed by atoms with van der Waals surface area (Å²) >= 11 is 7.01. The Labute approximate surface area is 198 Å². The highest BCUT2D eigenvalue weighted by Gasteiger charge is 2.20. The maximum Gasteiger partial charge on any atom is 0.325 e. The van der Waals surface area contributed by atoms with Crippen LogP contribution >= 0.6 is 22.9 Å². The van der Waals surface area contributed by atoms with Gasteiger partial charge < -0.3 is 18.8 Å². The number of methoxy groups -OCH3 is 1. The van der Waals surface area contributed by atoms with E-state index in [1.54, 1.807) is 16.7 Å². The third-order valence-corrected chi connectivity index (χ3v) is 8.00. The summed E-state index contributed by atoms with van der Waals surface area (Å²) in [5.41, 5.74) is 0.645. The molecule has 9 nitrogen and oxygen atoms in total. The normalized spacial score (nSPS) is 13.5. The lowest BCUT2D eigenvalue weighted by molar-refractivity contribution is -0.141. The molecule has 1 amide bonds. The second-order valence-electron chi connectivity index (χ2n) is 7.10. The van der Waals surface area contributed by atoms with Crippen molar-refractivity contribution in [2.24, 2.45) is 4.99 Å². The first-order valence-corrected chi connectivity index (χ1v) is 12.7. The molecule has 1 aromatic heterocycles. The minimum atomic E-state index is -3.54. The molecule has 2 aromatic carbocycles. The van der Waals surface area contributed by atoms with E-state index in [1.165, 1.54) is 42.7 Å². The lowest BCUT2D eigenvalue weighted by atomic mass is 10.3. The Morgan fingerprint density at radius 2 is 1.88 bits per heavy atom. The summed E-state index contributed by atoms with van der Waals surface area (Å²) in [7, 11) is -2.27. The number of hydrogen-bond donors (Lipinski definition) is 0. The molecule has 174 valence electrons. The van der Waals surface area contributed by atoms with E-state index in [1.807, 2.05) is 0 Å². The van der Waals surface area contributed by atoms with Crippen LogP contribution in [0.15, 0.2) is 46.3 Å². The fraction of sp³-hybridized carbons (Fsp3) is 0.286. The van der Waals surface area contributed by atoms with Crippen LogP contribution in [-0.2, 0) is 30.7 Å². The molecule has 0 spiro atoms. The molecule has 1 aliphatic rings. The Morgan fingerprint density at radius 1 is 1.18 bits per heavy atom. The van der Waals surface area contributed by atoms with Crippen LogP contribution < -0.4 is 14.3 Å². The van der Waals surface area contributed by atoms with Crippen molar-refractivity contribution >= 4 is 54.9 Å². The van der Waals surface area contributed by atoms with Crippen LogP contribution in [-0.4, -0.2) is 44.5 Å². The molecule has 3 aromatic rings. The third kappa shape index (κ3) is 5.21. The number of nitrogens with zero attached hydrogens (tertiary/aromatic N) is 2. The number of fused-ring (bicyclic) bond motifs is 2. The van der Waals surface area contributed by atoms with Gasteiger partial charge in [-0.1, -0.05) is 22.9 Å². The molecule has 0 N–H and O–H groups in total. The average molecular weight is 511 g/mol. The molecule has 0 saturated heterocycles. The standard InChI is InChI=1S/C21H19ClN2O7S2/c1-29-20(26)11-24-15-9-16-17(31-12-30-16)10-18(15)32-21(24)23-19(25)3-2-8-33(27,28)14-6-4-13(22)5-7-14/h4-7,9-10H,2-3,8,11-12H2,1H3. The molecular formula is C21H19ClN2O7S2. The molecule has 33 heavy (non-hydrogen) atoms. The van der Waals surface area contributed by atoms with Crippen LogP contribution in [0, 0.1) is 0 Å². The van der Waals surface area contributed by atoms with E-state index < -0.39 is 21.7 Å². The third-order valence-electron chi connectivity index (χ3n) is 4.89. The van der Waals surface area contributed by atoms with Crippen molar-refractivity contribution in [3.63, 3.8) is 0 Å². The Bertz CT molecular complexity index is 1390. The van der Waals surface area contributed by atoms with Crippen LogP contribution in [0.4, 0.5) is 0 Å². The molecule has 4 rings (SSSR count). The number of thiazole rings is 1. The maximum atomic E-state index is 12.5. The van der Waals surface area contributed by atoms with E-state index in [2.05, 4.69) is 4.99 Å². The van der Waals surface area contributed by atoms with Gasteiger partial charge in [0.05, 0.1) is 28.0 Å². The summed E-state index contributed by atoms with van der Waals surface area (Å²) in [6.45, 7) is -0.0363. The number of benzene rings is 2. The first kappa shape index (κ1) is 23.3. The summed E-state index contributed by atoms with van der Waals surface area (Å²) in [5, 5.41) is 0.440. The molecule has 1 aliphatic heterocycles. The Morgan fingerprint density at radius 3 is 2.58 bits per heavy atom. The second kappa shape index (κ2) is 9.54. The fourth-order valence-electron chi connectivity index (χ4n) is 3.23. The van der Waals surface area contributed by atoms with Gasteiger partial charge in [-0.05, 0) is 30.7 Å². The number of esters is 1. The van der Waals surface area contributed by atoms with E-state index in [0.29, 0.717) is 26.8 Å². The molecule has 12 heteroatoms. The molecule has 0 atom stereocenters. The number of sulfone groups is 1. The van der Waals surface area contributed by atoms with Crippen molar-refractivity contribution in [1.29, 1.82) is 0 Å². The van der Waals surface area contributed by atoms with Gasteiger partial charge in [0.2, 0.25) is 12.7 Å². The predicted octanol–water partition coefficient (Wildman–Crippen LogP) is 2.94. The SMILES string of the molecule is COC(=O)Cn1c(=NC(=O)CCCS(=O)(=O)c2ccc(Cl)cc2)sc2cc3c(cc21)OCO3. The Kier molecular flexibility index (Phi) is 6.73. The first-order chi connectivity index (χ1) is 15.8. The molecule has 0 fully saturated rings. The van der Waals surface area contributed by atoms with Crippen molar-refractivity contribution in [3.05, 3.63) is 46.2 Å². The molecule has 0 radical (unpaired) electrons. The Hall–Kier alpha value is -2.89. The zero-order chi connectivity index (χ0) is 23.6. The van der Waals surface area contributed by atoms with Crippen LogP contribution in [0.2, 0.25) is 5.02 Å². The first-order valence-electron chi connectivity index (χ1n) is 9.82. The van der Waals surface area contributed by atoms with Crippen LogP contribution in [0.1, 0.15) is 12.8 Å². The summed E-state index contributed by atoms with van der Waals surface area (Å²) in [6.07, 6.45) is 0.0349. The molecule has 0 aliphatic carbocycles. The summed E-state index contributed by atoms with van der Waals surface area (Å²) in [4.78, 5) is 29.0. The monoisotopic (exact) mass is 510 g/mol. The number of amides is 1. The minimum Gasteiger partial charge on any atom is -0.468 e. The van der Waals surface area contributed by atoms with Gasteiger partial charge >= 0.3 is 5.97 Å². The van der Waals surface area contributed by atoms with Crippen molar-refractivity contribution in [2.75, 3.05) is 19.7 Å². The average Bonchev–Trinajstić information content (AvgIpc) is 3.36. The van der Waals surface area contributed by atoms with Gasteiger partial charge in [0.25, 0.3) is 0 Å². The molecule has 0 bridgehead atoms. The van der Waals surface area contributed by atoms with Crippen LogP contribution in [0.25, 0.3) is 10.2 Å². The van der Waals surface area contributed by atoms with E-state index in [4.69, 9.17) is 25.8 Å². The van der Waals surface area contributed by atoms with Crippen LogP contribution in [0.3, 0.4) is 0 Å². The van der Waals surface area contributed by atoms with Gasteiger partial charge in [0.15, 0.2) is 26.1 Å². The highest BCUT2D eigenvalue weighted by molar-refractivity contribution is 7.91. The van der Waals surface area contributed by atoms with Crippen molar-refractivity contribution in [2.45, 2.75) is 24.3 Å². The van der Waals surface area contributed by atoms with Crippen LogP contribution in [0.5, 0.6) is 11.5 Å². The van der Waals surface area contributed by atoms with E-state index >= 15 is 0 Å². The van der Waals surface area contributed by atoms with Gasteiger partial charge in [0, 0.05) is 23.6 Å². The number of halogens is 1. The summed E-state index contributed by atoms with van der Waals surface area (Å²) < 4.78 is 42.8. The van der Waals surface area contributed by atoms with Gasteiger partial charge in [-0.15, -0.1) is 0 Å². The minimum absolute atomic E-state index is 0.0674. The zero-order valence-electron chi connectivity index (χ0n) is 17.4. The highest BCUT2D eigenvalue weighted by Crippen LogP contribution is 2.37. The molecule has 0 saturated carbocycles. The highest BCUT2D eigenvalue weighted by atomic mass is 35.5. The largest absolute Gasteiger partial charge is 0.468 e. The number of hydrogen-bond acceptors (Lipinski definition) is 8. The number of rotatable bonds is 7. The molecular weight excluding hydrogens is 492 g/mol. The fourth-order valence-corrected chi connectivity index (χ4v) is 5.72. The topological polar surface area (TPSA) is 113 Å². The number of ether oxygens (including phenoxy) is 3. The Balaban J connectivity index is 1.54. The van der Waals surface area contributed by atoms with Gasteiger partial charge in [0.1, 0.15) is 6.54 Å². The lowest BCUT2D eigenvalue weighted by Gasteiger charge is -2.05. The summed E-state index contributed by atoms with van der Waals surface area (Å²) in [5.74, 6) is -0.100. The zero-order valence-corrected chi connectivity index (χ0v) is 19.8. The molecule has 2 heterocycles. The summed E-state index contributed by atoms with van der Waals surface area (Å²) in [6, 6.07) is 9.35. The quantitative estimate of drug-likeness (QED) is 0.449. The maximum absolute atomic E-state index is 12.5. The van der Waals surface area contributed by atoms with Crippen molar-refractivity contribution in [3.8, 4) is 11.5 Å². The molecule has 0 unspecified atom stereocenters. The lowest BCUT2D eigenvalue weighted by Crippen LogP contribution is -2.22. The van der Waals surface area contributed by atoms with E-state index in [9.17, 15) is 18.0 Å². The van der Waals surface area contributed by atoms with E-state index in [-0.39, 0.29) is 36.8 Å². The van der Waals surface area contributed by atoms with Gasteiger partial charge in [-0.2, -0.15) is 4.99 Å². The van der Waals surface area contributed by atoms with E-state index in [0.717, 1.165) is 4.70 Å². The predicted molar refractivity (Wildman–Crippen MR) is 121 cm³/mol. The number of aromatic nitrogens is 1. The smallest absolute Gasteiger partial charge is 0.325 e. The number of carbonyl (C=O) groups is 2. The van der Waals surface area contributed by atoms with Crippen molar-refractivity contribution in [1.82, 2.24) is 4.57 Å². The van der Waals surface area contributed by atoms with Gasteiger partial charge in [-0.3, -0.25) is 9.59 Å². The second-order valence-corrected chi connectivity index (χ2v) is 10.7. The van der Waals surface area contributed by atoms with Crippen molar-refractivity contribution < 1.29 is 32.2 Å². The number of carbonyl (C=O) groups excluding carboxylic acids is 2. The van der Waals surface area contributed by atoms with Gasteiger partial charge in [-0.25, -0.2) is 8.42 Å².